The maximum atomic E-state index is 13.6. The third-order valence-electron chi connectivity index (χ3n) is 11.8. The third-order valence-corrected chi connectivity index (χ3v) is 11.8. The van der Waals surface area contributed by atoms with Gasteiger partial charge in [-0.3, -0.25) is 9.69 Å². The van der Waals surface area contributed by atoms with Gasteiger partial charge < -0.3 is 29.7 Å². The summed E-state index contributed by atoms with van der Waals surface area (Å²) in [6.07, 6.45) is 6.08. The van der Waals surface area contributed by atoms with E-state index >= 15 is 0 Å². The quantitative estimate of drug-likeness (QED) is 0.125. The number of aromatic nitrogens is 4. The molecular formula is C49H55N7O5. The average Bonchev–Trinajstić information content (AvgIpc) is 4.09. The molecule has 4 aromatic carbocycles. The summed E-state index contributed by atoms with van der Waals surface area (Å²) in [6.45, 7) is 10.7. The molecule has 8 rings (SSSR count). The van der Waals surface area contributed by atoms with E-state index in [1.165, 1.54) is 12.7 Å². The zero-order valence-electron chi connectivity index (χ0n) is 35.8. The lowest BCUT2D eigenvalue weighted by Crippen LogP contribution is -2.51. The van der Waals surface area contributed by atoms with Gasteiger partial charge in [0.25, 0.3) is 0 Å². The summed E-state index contributed by atoms with van der Waals surface area (Å²) in [4.78, 5) is 59.3. The maximum Gasteiger partial charge on any atom is 0.410 e. The van der Waals surface area contributed by atoms with Gasteiger partial charge in [0.15, 0.2) is 0 Å². The highest BCUT2D eigenvalue weighted by Gasteiger charge is 2.40. The molecule has 12 nitrogen and oxygen atoms in total. The van der Waals surface area contributed by atoms with E-state index < -0.39 is 17.7 Å². The van der Waals surface area contributed by atoms with Crippen LogP contribution in [0.15, 0.2) is 103 Å². The van der Waals surface area contributed by atoms with Crippen molar-refractivity contribution >= 4 is 28.9 Å². The molecule has 1 unspecified atom stereocenters. The van der Waals surface area contributed by atoms with E-state index in [9.17, 15) is 14.4 Å². The van der Waals surface area contributed by atoms with Gasteiger partial charge in [-0.2, -0.15) is 0 Å². The standard InChI is InChI=1S/C49H55N7O5/c1-30(2)43(54-47(58)60-6)46(57)55-22-10-13-41(55)44-50-28-40(53-44)38-21-20-36-25-35(18-19-37(36)26-38)33-14-16-34(17-15-33)39-27-51-45(52-39)42-24-32(23-31-11-8-7-9-12-31)29-56(42)48(59)61-49(3,4)5/h7-9,11-12,14-21,25-28,30,32,41-43H,10,13,22-24,29H2,1-6H3,(H,50,53)(H,51,52)(H,54,58)/t32?,41-,42-,43-/m0/s1. The van der Waals surface area contributed by atoms with Gasteiger partial charge in [0.05, 0.1) is 43.0 Å². The van der Waals surface area contributed by atoms with Gasteiger partial charge in [0, 0.05) is 18.7 Å². The molecule has 3 N–H and O–H groups in total. The summed E-state index contributed by atoms with van der Waals surface area (Å²) >= 11 is 0. The van der Waals surface area contributed by atoms with E-state index in [0.29, 0.717) is 13.1 Å². The second-order valence-electron chi connectivity index (χ2n) is 17.7. The van der Waals surface area contributed by atoms with Gasteiger partial charge in [0.1, 0.15) is 23.3 Å². The molecule has 4 heterocycles. The number of nitrogens with zero attached hydrogens (tertiary/aromatic N) is 4. The Kier molecular flexibility index (Phi) is 11.7. The molecule has 2 aliphatic heterocycles. The van der Waals surface area contributed by atoms with Gasteiger partial charge in [-0.1, -0.05) is 92.7 Å². The number of hydrogen-bond acceptors (Lipinski definition) is 7. The molecule has 2 saturated heterocycles. The van der Waals surface area contributed by atoms with Crippen molar-refractivity contribution in [2.45, 2.75) is 84.0 Å². The first kappa shape index (κ1) is 41.3. The molecule has 2 aromatic heterocycles. The van der Waals surface area contributed by atoms with Crippen molar-refractivity contribution in [2.75, 3.05) is 20.2 Å². The Morgan fingerprint density at radius 2 is 1.39 bits per heavy atom. The summed E-state index contributed by atoms with van der Waals surface area (Å²) in [5.41, 5.74) is 6.66. The van der Waals surface area contributed by atoms with Gasteiger partial charge in [0.2, 0.25) is 5.91 Å². The highest BCUT2D eigenvalue weighted by Crippen LogP contribution is 2.38. The summed E-state index contributed by atoms with van der Waals surface area (Å²) < 4.78 is 10.6. The number of alkyl carbamates (subject to hydrolysis) is 1. The minimum absolute atomic E-state index is 0.101. The second kappa shape index (κ2) is 17.3. The number of amides is 3. The second-order valence-corrected chi connectivity index (χ2v) is 17.7. The van der Waals surface area contributed by atoms with Crippen molar-refractivity contribution in [3.8, 4) is 33.6 Å². The minimum atomic E-state index is -0.684. The van der Waals surface area contributed by atoms with E-state index in [1.54, 1.807) is 0 Å². The number of likely N-dealkylation sites (tertiary alicyclic amines) is 2. The molecule has 0 bridgehead atoms. The van der Waals surface area contributed by atoms with Crippen LogP contribution in [0, 0.1) is 11.8 Å². The molecule has 2 fully saturated rings. The van der Waals surface area contributed by atoms with Crippen LogP contribution >= 0.6 is 0 Å². The number of ether oxygens (including phenoxy) is 2. The van der Waals surface area contributed by atoms with Gasteiger partial charge in [-0.15, -0.1) is 0 Å². The van der Waals surface area contributed by atoms with Gasteiger partial charge >= 0.3 is 12.2 Å². The zero-order valence-corrected chi connectivity index (χ0v) is 35.8. The number of aromatic amines is 2. The SMILES string of the molecule is COC(=O)N[C@H](C(=O)N1CCC[C@H]1c1ncc(-c2ccc3cc(-c4ccc(-c5cnc([C@@H]6CC(Cc7ccccc7)CN6C(=O)OC(C)(C)C)[nH]5)cc4)ccc3c2)[nH]1)C(C)C. The summed E-state index contributed by atoms with van der Waals surface area (Å²) in [6, 6.07) is 30.6. The molecule has 12 heteroatoms. The molecular weight excluding hydrogens is 767 g/mol. The van der Waals surface area contributed by atoms with Crippen LogP contribution < -0.4 is 5.32 Å². The lowest BCUT2D eigenvalue weighted by molar-refractivity contribution is -0.135. The lowest BCUT2D eigenvalue weighted by atomic mass is 9.96. The third kappa shape index (κ3) is 9.18. The van der Waals surface area contributed by atoms with Crippen molar-refractivity contribution in [1.29, 1.82) is 0 Å². The number of hydrogen-bond donors (Lipinski definition) is 3. The summed E-state index contributed by atoms with van der Waals surface area (Å²) in [5.74, 6) is 1.56. The summed E-state index contributed by atoms with van der Waals surface area (Å²) in [7, 11) is 1.30. The molecule has 0 saturated carbocycles. The van der Waals surface area contributed by atoms with Crippen molar-refractivity contribution in [3.63, 3.8) is 0 Å². The number of imidazole rings is 2. The van der Waals surface area contributed by atoms with Crippen LogP contribution in [-0.2, 0) is 20.7 Å². The predicted molar refractivity (Wildman–Crippen MR) is 236 cm³/mol. The first-order valence-electron chi connectivity index (χ1n) is 21.3. The number of carbonyl (C=O) groups is 3. The molecule has 2 aliphatic rings. The number of benzene rings is 4. The fraction of sp³-hybridized carbons (Fsp3) is 0.367. The Morgan fingerprint density at radius 3 is 2.05 bits per heavy atom. The number of H-pyrrole nitrogens is 2. The zero-order chi connectivity index (χ0) is 42.8. The molecule has 3 amide bonds. The molecule has 0 aliphatic carbocycles. The smallest absolute Gasteiger partial charge is 0.410 e. The number of methoxy groups -OCH3 is 1. The Bertz CT molecular complexity index is 2500. The van der Waals surface area contributed by atoms with Crippen molar-refractivity contribution < 1.29 is 23.9 Å². The fourth-order valence-corrected chi connectivity index (χ4v) is 8.73. The van der Waals surface area contributed by atoms with E-state index in [-0.39, 0.29) is 35.9 Å². The van der Waals surface area contributed by atoms with Crippen molar-refractivity contribution in [3.05, 3.63) is 121 Å². The largest absolute Gasteiger partial charge is 0.453 e. The van der Waals surface area contributed by atoms with E-state index in [0.717, 1.165) is 81.7 Å². The Morgan fingerprint density at radius 1 is 0.787 bits per heavy atom. The molecule has 4 atom stereocenters. The Labute approximate surface area is 357 Å². The minimum Gasteiger partial charge on any atom is -0.453 e. The van der Waals surface area contributed by atoms with E-state index in [4.69, 9.17) is 19.4 Å². The molecule has 316 valence electrons. The molecule has 6 aromatic rings. The number of carbonyl (C=O) groups excluding carboxylic acids is 3. The Balaban J connectivity index is 0.951. The maximum absolute atomic E-state index is 13.6. The molecule has 0 spiro atoms. The van der Waals surface area contributed by atoms with Crippen LogP contribution in [0.1, 0.15) is 83.2 Å². The van der Waals surface area contributed by atoms with Crippen molar-refractivity contribution in [1.82, 2.24) is 35.1 Å². The predicted octanol–water partition coefficient (Wildman–Crippen LogP) is 9.87. The van der Waals surface area contributed by atoms with Crippen LogP contribution in [0.25, 0.3) is 44.4 Å². The Hall–Kier alpha value is -6.43. The van der Waals surface area contributed by atoms with E-state index in [2.05, 4.69) is 100 Å². The highest BCUT2D eigenvalue weighted by atomic mass is 16.6. The lowest BCUT2D eigenvalue weighted by Gasteiger charge is -2.30. The first-order valence-corrected chi connectivity index (χ1v) is 21.3. The number of fused-ring (bicyclic) bond motifs is 1. The summed E-state index contributed by atoms with van der Waals surface area (Å²) in [5, 5.41) is 4.93. The van der Waals surface area contributed by atoms with Gasteiger partial charge in [-0.25, -0.2) is 19.6 Å². The highest BCUT2D eigenvalue weighted by molar-refractivity contribution is 5.91. The molecule has 61 heavy (non-hydrogen) atoms. The fourth-order valence-electron chi connectivity index (χ4n) is 8.73. The van der Waals surface area contributed by atoms with Gasteiger partial charge in [-0.05, 0) is 103 Å². The average molecular weight is 822 g/mol. The monoisotopic (exact) mass is 821 g/mol. The number of rotatable bonds is 10. The van der Waals surface area contributed by atoms with E-state index in [1.807, 2.05) is 62.9 Å². The topological polar surface area (TPSA) is 146 Å². The van der Waals surface area contributed by atoms with Crippen LogP contribution in [0.5, 0.6) is 0 Å². The van der Waals surface area contributed by atoms with Crippen LogP contribution in [0.4, 0.5) is 9.59 Å². The normalized spacial score (nSPS) is 18.4. The molecule has 0 radical (unpaired) electrons. The first-order chi connectivity index (χ1) is 29.3. The van der Waals surface area contributed by atoms with Crippen molar-refractivity contribution in [2.24, 2.45) is 11.8 Å². The van der Waals surface area contributed by atoms with Crippen LogP contribution in [0.2, 0.25) is 0 Å². The van der Waals surface area contributed by atoms with Crippen LogP contribution in [0.3, 0.4) is 0 Å². The van der Waals surface area contributed by atoms with Crippen LogP contribution in [-0.4, -0.2) is 79.7 Å². The number of nitrogens with one attached hydrogen (secondary N) is 3.